The number of nitrogens with two attached hydrogens (primary N) is 2. The van der Waals surface area contributed by atoms with E-state index in [2.05, 4.69) is 23.5 Å². The Bertz CT molecular complexity index is 1090. The highest BCUT2D eigenvalue weighted by molar-refractivity contribution is 6.14. The van der Waals surface area contributed by atoms with Crippen molar-refractivity contribution < 1.29 is 24.9 Å². The monoisotopic (exact) mass is 480 g/mol. The molecule has 2 atom stereocenters. The quantitative estimate of drug-likeness (QED) is 0.213. The molecule has 2 aliphatic heterocycles. The Kier molecular flexibility index (Phi) is 8.12. The predicted molar refractivity (Wildman–Crippen MR) is 136 cm³/mol. The lowest BCUT2D eigenvalue weighted by atomic mass is 9.77. The van der Waals surface area contributed by atoms with Gasteiger partial charge in [0, 0.05) is 46.1 Å². The third-order valence-corrected chi connectivity index (χ3v) is 6.56. The number of ether oxygens (including phenoxy) is 1. The molecule has 0 saturated carbocycles. The van der Waals surface area contributed by atoms with Gasteiger partial charge in [0.15, 0.2) is 13.6 Å². The highest BCUT2D eigenvalue weighted by Gasteiger charge is 2.41. The number of allylic oxidation sites excluding steroid dienone is 1. The second kappa shape index (κ2) is 10.7. The smallest absolute Gasteiger partial charge is 0.161 e. The zero-order valence-electron chi connectivity index (χ0n) is 20.1. The van der Waals surface area contributed by atoms with Crippen molar-refractivity contribution in [1.29, 1.82) is 0 Å². The summed E-state index contributed by atoms with van der Waals surface area (Å²) in [5.74, 6) is 0.270. The molecule has 35 heavy (non-hydrogen) atoms. The first-order valence-corrected chi connectivity index (χ1v) is 11.4. The molecule has 2 radical (unpaired) electrons. The zero-order chi connectivity index (χ0) is 25.9. The fourth-order valence-corrected chi connectivity index (χ4v) is 4.69. The summed E-state index contributed by atoms with van der Waals surface area (Å²) in [6.07, 6.45) is 4.33. The molecule has 2 bridgehead atoms. The minimum Gasteiger partial charge on any atom is -0.507 e. The van der Waals surface area contributed by atoms with E-state index in [1.165, 1.54) is 25.1 Å². The standard InChI is InChI=1S/C21H27BN4O4.C4H6O/c1-26-12-6-11(7-13(26)10-30-9-12)19-18(21(22,28)29)15(20(24)25-19)8-16(23)14-4-2-3-5-17(14)27;1-3-4(2)5/h2-5,8,11-13,25,27-29H,6-7,9-10,23-24H2,1H3;3H,1H2,2H3/b16-8-;. The normalized spacial score (nSPS) is 22.7. The number of fused-ring (bicyclic) bond motifs is 2. The molecule has 0 aliphatic carbocycles. The molecule has 2 aromatic rings. The molecule has 186 valence electrons. The van der Waals surface area contributed by atoms with Crippen LogP contribution in [-0.4, -0.2) is 71.2 Å². The molecule has 1 aromatic heterocycles. The number of aliphatic hydroxyl groups is 2. The lowest BCUT2D eigenvalue weighted by Gasteiger charge is -2.46. The van der Waals surface area contributed by atoms with Gasteiger partial charge in [0.25, 0.3) is 0 Å². The number of para-hydroxylation sites is 1. The first kappa shape index (κ1) is 26.6. The van der Waals surface area contributed by atoms with E-state index in [0.717, 1.165) is 12.8 Å². The van der Waals surface area contributed by atoms with Crippen molar-refractivity contribution in [2.45, 2.75) is 43.5 Å². The van der Waals surface area contributed by atoms with Crippen molar-refractivity contribution in [3.05, 3.63) is 59.3 Å². The van der Waals surface area contributed by atoms with Gasteiger partial charge in [0.1, 0.15) is 17.3 Å². The number of H-pyrrole nitrogens is 1. The number of carbonyl (C=O) groups excluding carboxylic acids is 1. The molecule has 10 heteroatoms. The van der Waals surface area contributed by atoms with Gasteiger partial charge >= 0.3 is 0 Å². The lowest BCUT2D eigenvalue weighted by molar-refractivity contribution is -0.112. The maximum absolute atomic E-state index is 10.4. The van der Waals surface area contributed by atoms with Crippen LogP contribution in [0.25, 0.3) is 11.8 Å². The number of nitrogens with one attached hydrogen (secondary N) is 1. The summed E-state index contributed by atoms with van der Waals surface area (Å²) < 4.78 is 5.68. The average Bonchev–Trinajstić information content (AvgIpc) is 3.10. The number of anilines is 1. The number of nitrogen functional groups attached to an aromatic ring is 1. The number of rotatable bonds is 5. The summed E-state index contributed by atoms with van der Waals surface area (Å²) in [6.45, 7) is 5.94. The first-order valence-electron chi connectivity index (χ1n) is 11.4. The van der Waals surface area contributed by atoms with Gasteiger partial charge in [-0.3, -0.25) is 9.69 Å². The number of hydrogen-bond acceptors (Lipinski definition) is 8. The second-order valence-corrected chi connectivity index (χ2v) is 9.08. The number of aromatic amines is 1. The Morgan fingerprint density at radius 1 is 1.29 bits per heavy atom. The maximum Gasteiger partial charge on any atom is 0.161 e. The number of aromatic nitrogens is 1. The van der Waals surface area contributed by atoms with Gasteiger partial charge in [0.2, 0.25) is 0 Å². The topological polar surface area (TPSA) is 158 Å². The van der Waals surface area contributed by atoms with Gasteiger partial charge < -0.3 is 36.5 Å². The first-order chi connectivity index (χ1) is 16.4. The number of benzene rings is 1. The predicted octanol–water partition coefficient (Wildman–Crippen LogP) is 1.36. The van der Waals surface area contributed by atoms with E-state index in [9.17, 15) is 20.1 Å². The second-order valence-electron chi connectivity index (χ2n) is 9.08. The van der Waals surface area contributed by atoms with Crippen molar-refractivity contribution >= 4 is 31.2 Å². The van der Waals surface area contributed by atoms with Gasteiger partial charge in [-0.25, -0.2) is 0 Å². The molecule has 2 fully saturated rings. The highest BCUT2D eigenvalue weighted by Crippen LogP contribution is 2.42. The summed E-state index contributed by atoms with van der Waals surface area (Å²) >= 11 is 0. The minimum absolute atomic E-state index is 0.00753. The van der Waals surface area contributed by atoms with E-state index < -0.39 is 5.69 Å². The van der Waals surface area contributed by atoms with Crippen molar-refractivity contribution in [1.82, 2.24) is 9.88 Å². The number of aromatic hydroxyl groups is 1. The fraction of sp³-hybridized carbons (Fsp3) is 0.400. The fourth-order valence-electron chi connectivity index (χ4n) is 4.69. The Hall–Kier alpha value is -3.05. The molecule has 2 aliphatic rings. The molecule has 4 rings (SSSR count). The van der Waals surface area contributed by atoms with Gasteiger partial charge in [-0.1, -0.05) is 18.7 Å². The van der Waals surface area contributed by atoms with Crippen molar-refractivity contribution in [2.75, 3.05) is 26.0 Å². The van der Waals surface area contributed by atoms with Gasteiger partial charge in [-0.05, 0) is 51.1 Å². The van der Waals surface area contributed by atoms with E-state index >= 15 is 0 Å². The van der Waals surface area contributed by atoms with Crippen molar-refractivity contribution in [2.24, 2.45) is 5.73 Å². The lowest BCUT2D eigenvalue weighted by Crippen LogP contribution is -2.54. The number of likely N-dealkylation sites (N-methyl/N-ethyl adjacent to an activating group) is 1. The van der Waals surface area contributed by atoms with Crippen LogP contribution < -0.4 is 11.5 Å². The summed E-state index contributed by atoms with van der Waals surface area (Å²) in [5.41, 5.74) is 11.5. The molecule has 2 unspecified atom stereocenters. The summed E-state index contributed by atoms with van der Waals surface area (Å²) in [4.78, 5) is 15.1. The van der Waals surface area contributed by atoms with Crippen LogP contribution >= 0.6 is 0 Å². The number of hydrogen-bond donors (Lipinski definition) is 6. The zero-order valence-corrected chi connectivity index (χ0v) is 20.1. The third-order valence-electron chi connectivity index (χ3n) is 6.56. The SMILES string of the molecule is C=CC(C)=O.[B]C(O)(O)c1c(C2CC3COCC(C2)N3C)[nH]c(N)c1/C=C(\N)c1ccccc1O. The van der Waals surface area contributed by atoms with Crippen molar-refractivity contribution in [3.63, 3.8) is 0 Å². The van der Waals surface area contributed by atoms with Crippen LogP contribution in [0.3, 0.4) is 0 Å². The Morgan fingerprint density at radius 3 is 2.37 bits per heavy atom. The summed E-state index contributed by atoms with van der Waals surface area (Å²) in [7, 11) is 7.83. The van der Waals surface area contributed by atoms with E-state index in [1.807, 2.05) is 0 Å². The van der Waals surface area contributed by atoms with Crippen LogP contribution in [0.1, 0.15) is 48.1 Å². The van der Waals surface area contributed by atoms with E-state index in [4.69, 9.17) is 24.1 Å². The average molecular weight is 480 g/mol. The molecule has 0 amide bonds. The highest BCUT2D eigenvalue weighted by atomic mass is 16.5. The Labute approximate surface area is 206 Å². The van der Waals surface area contributed by atoms with Crippen LogP contribution in [0, 0.1) is 0 Å². The number of carbonyl (C=O) groups is 1. The minimum atomic E-state index is -2.61. The molecule has 2 saturated heterocycles. The van der Waals surface area contributed by atoms with Crippen LogP contribution in [0.15, 0.2) is 36.9 Å². The van der Waals surface area contributed by atoms with E-state index in [0.29, 0.717) is 30.0 Å². The van der Waals surface area contributed by atoms with E-state index in [-0.39, 0.29) is 46.6 Å². The van der Waals surface area contributed by atoms with Crippen LogP contribution in [-0.2, 0) is 15.2 Å². The Morgan fingerprint density at radius 2 is 1.86 bits per heavy atom. The summed E-state index contributed by atoms with van der Waals surface area (Å²) in [5, 5.41) is 30.9. The van der Waals surface area contributed by atoms with E-state index in [1.54, 1.807) is 18.2 Å². The third kappa shape index (κ3) is 5.97. The molecule has 8 N–H and O–H groups in total. The molecular formula is C25H33BN4O5. The van der Waals surface area contributed by atoms with Gasteiger partial charge in [-0.15, -0.1) is 0 Å². The van der Waals surface area contributed by atoms with Crippen LogP contribution in [0.4, 0.5) is 5.82 Å². The Balaban J connectivity index is 0.000000623. The number of piperidine rings is 1. The number of nitrogens with zero attached hydrogens (tertiary/aromatic N) is 1. The molecule has 1 aromatic carbocycles. The molecule has 0 spiro atoms. The van der Waals surface area contributed by atoms with Gasteiger partial charge in [-0.2, -0.15) is 0 Å². The van der Waals surface area contributed by atoms with Crippen LogP contribution in [0.2, 0.25) is 0 Å². The number of phenols is 1. The maximum atomic E-state index is 10.4. The summed E-state index contributed by atoms with van der Waals surface area (Å²) in [6, 6.07) is 7.08. The van der Waals surface area contributed by atoms with Gasteiger partial charge in [0.05, 0.1) is 13.2 Å². The number of phenolic OH excluding ortho intramolecular Hbond substituents is 1. The molecule has 3 heterocycles. The van der Waals surface area contributed by atoms with Crippen molar-refractivity contribution in [3.8, 4) is 5.75 Å². The molecular weight excluding hydrogens is 447 g/mol. The number of ketones is 1. The van der Waals surface area contributed by atoms with Crippen LogP contribution in [0.5, 0.6) is 5.75 Å². The molecule has 9 nitrogen and oxygen atoms in total. The largest absolute Gasteiger partial charge is 0.507 e. The number of morpholine rings is 1.